The van der Waals surface area contributed by atoms with Gasteiger partial charge in [-0.15, -0.1) is 0 Å². The van der Waals surface area contributed by atoms with Crippen LogP contribution in [-0.2, 0) is 23.2 Å². The minimum atomic E-state index is -0.818. The molecule has 0 aromatic heterocycles. The molecule has 0 spiro atoms. The summed E-state index contributed by atoms with van der Waals surface area (Å²) in [6, 6.07) is 9.80. The summed E-state index contributed by atoms with van der Waals surface area (Å²) in [5.74, 6) is 1.25. The van der Waals surface area contributed by atoms with Gasteiger partial charge in [-0.3, -0.25) is 4.79 Å². The minimum absolute atomic E-state index is 0.430. The molecule has 7 nitrogen and oxygen atoms in total. The lowest BCUT2D eigenvalue weighted by Crippen LogP contribution is -2.50. The Morgan fingerprint density at radius 2 is 1.61 bits per heavy atom. The van der Waals surface area contributed by atoms with Crippen LogP contribution in [0.15, 0.2) is 30.3 Å². The third-order valence-electron chi connectivity index (χ3n) is 6.01. The highest BCUT2D eigenvalue weighted by Gasteiger charge is 2.40. The number of methoxy groups -OCH3 is 4. The Hall–Kier alpha value is -2.93. The third kappa shape index (κ3) is 4.56. The molecule has 0 bridgehead atoms. The average molecular weight is 430 g/mol. The molecule has 168 valence electrons. The van der Waals surface area contributed by atoms with Crippen LogP contribution in [0.5, 0.6) is 23.0 Å². The molecule has 2 N–H and O–H groups in total. The van der Waals surface area contributed by atoms with E-state index in [-0.39, 0.29) is 0 Å². The molecule has 3 rings (SSSR count). The quantitative estimate of drug-likeness (QED) is 0.632. The van der Waals surface area contributed by atoms with E-state index in [1.54, 1.807) is 35.4 Å². The summed E-state index contributed by atoms with van der Waals surface area (Å²) < 4.78 is 21.9. The minimum Gasteiger partial charge on any atom is -0.493 e. The zero-order chi connectivity index (χ0) is 22.6. The van der Waals surface area contributed by atoms with Crippen LogP contribution in [0, 0.1) is 5.92 Å². The van der Waals surface area contributed by atoms with Crippen LogP contribution < -0.4 is 24.3 Å². The zero-order valence-electron chi connectivity index (χ0n) is 18.8. The molecular weight excluding hydrogens is 398 g/mol. The van der Waals surface area contributed by atoms with Gasteiger partial charge in [0.2, 0.25) is 0 Å². The van der Waals surface area contributed by atoms with Crippen molar-refractivity contribution in [1.29, 1.82) is 0 Å². The van der Waals surface area contributed by atoms with Gasteiger partial charge in [0.1, 0.15) is 0 Å². The second-order valence-electron chi connectivity index (χ2n) is 7.93. The molecule has 0 aliphatic carbocycles. The van der Waals surface area contributed by atoms with E-state index in [4.69, 9.17) is 18.9 Å². The van der Waals surface area contributed by atoms with E-state index < -0.39 is 17.4 Å². The fourth-order valence-electron chi connectivity index (χ4n) is 4.47. The molecule has 0 fully saturated rings. The van der Waals surface area contributed by atoms with Crippen molar-refractivity contribution >= 4 is 5.97 Å². The van der Waals surface area contributed by atoms with Gasteiger partial charge in [-0.1, -0.05) is 13.0 Å². The molecule has 1 aliphatic rings. The molecule has 31 heavy (non-hydrogen) atoms. The predicted octanol–water partition coefficient (Wildman–Crippen LogP) is 3.42. The van der Waals surface area contributed by atoms with Gasteiger partial charge in [0.15, 0.2) is 23.0 Å². The van der Waals surface area contributed by atoms with Crippen LogP contribution in [0.2, 0.25) is 0 Å². The SMILES string of the molecule is COc1ccc(CC2(CC(C)C(=O)O)NCCc3cc(OC)c(OC)cc32)cc1OC. The number of fused-ring (bicyclic) bond motifs is 1. The average Bonchev–Trinajstić information content (AvgIpc) is 2.78. The number of carbonyl (C=O) groups is 1. The number of carboxylic acid groups (broad SMARTS) is 1. The molecule has 2 aromatic rings. The highest BCUT2D eigenvalue weighted by atomic mass is 16.5. The van der Waals surface area contributed by atoms with E-state index in [9.17, 15) is 9.90 Å². The van der Waals surface area contributed by atoms with E-state index in [0.29, 0.717) is 35.8 Å². The second-order valence-corrected chi connectivity index (χ2v) is 7.93. The van der Waals surface area contributed by atoms with E-state index in [2.05, 4.69) is 5.32 Å². The third-order valence-corrected chi connectivity index (χ3v) is 6.01. The molecule has 1 aliphatic heterocycles. The van der Waals surface area contributed by atoms with Crippen LogP contribution in [0.1, 0.15) is 30.0 Å². The number of hydrogen-bond donors (Lipinski definition) is 2. The summed E-state index contributed by atoms with van der Waals surface area (Å²) in [6.45, 7) is 2.48. The van der Waals surface area contributed by atoms with Crippen molar-refractivity contribution in [2.75, 3.05) is 35.0 Å². The number of nitrogens with one attached hydrogen (secondary N) is 1. The number of hydrogen-bond acceptors (Lipinski definition) is 6. The van der Waals surface area contributed by atoms with Crippen molar-refractivity contribution < 1.29 is 28.8 Å². The van der Waals surface area contributed by atoms with Gasteiger partial charge in [-0.25, -0.2) is 0 Å². The van der Waals surface area contributed by atoms with E-state index in [1.165, 1.54) is 0 Å². The Labute approximate surface area is 183 Å². The maximum absolute atomic E-state index is 11.8. The fraction of sp³-hybridized carbons (Fsp3) is 0.458. The number of benzene rings is 2. The Morgan fingerprint density at radius 1 is 1.00 bits per heavy atom. The van der Waals surface area contributed by atoms with Gasteiger partial charge in [0.05, 0.1) is 34.4 Å². The molecule has 2 unspecified atom stereocenters. The molecule has 0 amide bonds. The standard InChI is InChI=1S/C24H31NO6/c1-15(23(26)27)13-24(14-16-6-7-19(28-2)20(10-16)29-3)18-12-22(31-5)21(30-4)11-17(18)8-9-25-24/h6-7,10-12,15,25H,8-9,13-14H2,1-5H3,(H,26,27). The van der Waals surface area contributed by atoms with Gasteiger partial charge >= 0.3 is 5.97 Å². The number of aliphatic carboxylic acids is 1. The Balaban J connectivity index is 2.13. The van der Waals surface area contributed by atoms with E-state index >= 15 is 0 Å². The molecule has 0 saturated heterocycles. The zero-order valence-corrected chi connectivity index (χ0v) is 18.8. The largest absolute Gasteiger partial charge is 0.493 e. The van der Waals surface area contributed by atoms with Gasteiger partial charge in [0, 0.05) is 12.1 Å². The molecule has 2 aromatic carbocycles. The van der Waals surface area contributed by atoms with Crippen LogP contribution in [0.4, 0.5) is 0 Å². The molecule has 2 atom stereocenters. The van der Waals surface area contributed by atoms with Crippen molar-refractivity contribution in [1.82, 2.24) is 5.32 Å². The molecule has 0 saturated carbocycles. The second kappa shape index (κ2) is 9.47. The maximum atomic E-state index is 11.8. The number of rotatable bonds is 9. The van der Waals surface area contributed by atoms with Crippen molar-refractivity contribution in [3.05, 3.63) is 47.0 Å². The van der Waals surface area contributed by atoms with Crippen molar-refractivity contribution in [2.24, 2.45) is 5.92 Å². The van der Waals surface area contributed by atoms with Gasteiger partial charge in [-0.05, 0) is 60.2 Å². The normalized spacial score (nSPS) is 18.6. The topological polar surface area (TPSA) is 86.3 Å². The summed E-state index contributed by atoms with van der Waals surface area (Å²) in [6.07, 6.45) is 1.84. The lowest BCUT2D eigenvalue weighted by Gasteiger charge is -2.42. The first kappa shape index (κ1) is 22.7. The van der Waals surface area contributed by atoms with Crippen LogP contribution in [-0.4, -0.2) is 46.1 Å². The predicted molar refractivity (Wildman–Crippen MR) is 118 cm³/mol. The highest BCUT2D eigenvalue weighted by Crippen LogP contribution is 2.43. The van der Waals surface area contributed by atoms with Crippen LogP contribution in [0.25, 0.3) is 0 Å². The van der Waals surface area contributed by atoms with E-state index in [1.807, 2.05) is 30.3 Å². The summed E-state index contributed by atoms with van der Waals surface area (Å²) >= 11 is 0. The van der Waals surface area contributed by atoms with E-state index in [0.717, 1.165) is 29.7 Å². The lowest BCUT2D eigenvalue weighted by molar-refractivity contribution is -0.142. The summed E-state index contributed by atoms with van der Waals surface area (Å²) in [4.78, 5) is 11.8. The Bertz CT molecular complexity index is 944. The first-order valence-electron chi connectivity index (χ1n) is 10.3. The van der Waals surface area contributed by atoms with Gasteiger partial charge in [0.25, 0.3) is 0 Å². The molecular formula is C24H31NO6. The van der Waals surface area contributed by atoms with Crippen molar-refractivity contribution in [2.45, 2.75) is 31.7 Å². The van der Waals surface area contributed by atoms with Gasteiger partial charge < -0.3 is 29.4 Å². The number of ether oxygens (including phenoxy) is 4. The van der Waals surface area contributed by atoms with Gasteiger partial charge in [-0.2, -0.15) is 0 Å². The van der Waals surface area contributed by atoms with Crippen LogP contribution in [0.3, 0.4) is 0 Å². The molecule has 7 heteroatoms. The fourth-order valence-corrected chi connectivity index (χ4v) is 4.47. The smallest absolute Gasteiger partial charge is 0.306 e. The monoisotopic (exact) mass is 429 g/mol. The highest BCUT2D eigenvalue weighted by molar-refractivity contribution is 5.70. The first-order valence-corrected chi connectivity index (χ1v) is 10.3. The number of carboxylic acids is 1. The van der Waals surface area contributed by atoms with Crippen molar-refractivity contribution in [3.63, 3.8) is 0 Å². The maximum Gasteiger partial charge on any atom is 0.306 e. The Morgan fingerprint density at radius 3 is 2.23 bits per heavy atom. The summed E-state index contributed by atoms with van der Waals surface area (Å²) in [5, 5.41) is 13.3. The lowest BCUT2D eigenvalue weighted by atomic mass is 9.73. The van der Waals surface area contributed by atoms with Crippen LogP contribution >= 0.6 is 0 Å². The first-order chi connectivity index (χ1) is 14.9. The van der Waals surface area contributed by atoms with Crippen molar-refractivity contribution in [3.8, 4) is 23.0 Å². The summed E-state index contributed by atoms with van der Waals surface area (Å²) in [7, 11) is 6.44. The molecule has 0 radical (unpaired) electrons. The Kier molecular flexibility index (Phi) is 6.95. The molecule has 1 heterocycles. The summed E-state index contributed by atoms with van der Waals surface area (Å²) in [5.41, 5.74) is 2.61.